The van der Waals surface area contributed by atoms with E-state index in [4.69, 9.17) is 0 Å². The molecule has 2 nitrogen and oxygen atoms in total. The average molecular weight is 283 g/mol. The minimum Gasteiger partial charge on any atom is -0.395 e. The Kier molecular flexibility index (Phi) is 5.97. The SMILES string of the molecule is CC(C)CNC(CO)C(c1ccccc1)c1ccccc1. The van der Waals surface area contributed by atoms with E-state index < -0.39 is 0 Å². The van der Waals surface area contributed by atoms with Crippen LogP contribution in [0, 0.1) is 5.92 Å². The van der Waals surface area contributed by atoms with Gasteiger partial charge in [0.2, 0.25) is 0 Å². The lowest BCUT2D eigenvalue weighted by Crippen LogP contribution is -2.40. The van der Waals surface area contributed by atoms with Crippen LogP contribution in [0.25, 0.3) is 0 Å². The van der Waals surface area contributed by atoms with Crippen LogP contribution in [0.1, 0.15) is 30.9 Å². The van der Waals surface area contributed by atoms with Gasteiger partial charge in [-0.3, -0.25) is 0 Å². The van der Waals surface area contributed by atoms with E-state index in [1.807, 2.05) is 12.1 Å². The first-order valence-corrected chi connectivity index (χ1v) is 7.66. The van der Waals surface area contributed by atoms with Crippen LogP contribution >= 0.6 is 0 Å². The molecule has 0 fully saturated rings. The summed E-state index contributed by atoms with van der Waals surface area (Å²) in [5.74, 6) is 0.724. The maximum atomic E-state index is 9.87. The third kappa shape index (κ3) is 4.42. The Morgan fingerprint density at radius 1 is 0.857 bits per heavy atom. The van der Waals surface area contributed by atoms with Crippen LogP contribution in [0.15, 0.2) is 60.7 Å². The molecule has 0 heterocycles. The van der Waals surface area contributed by atoms with Crippen molar-refractivity contribution < 1.29 is 5.11 Å². The fourth-order valence-electron chi connectivity index (χ4n) is 2.65. The second-order valence-corrected chi connectivity index (χ2v) is 5.89. The molecule has 2 heteroatoms. The topological polar surface area (TPSA) is 32.3 Å². The molecule has 0 bridgehead atoms. The summed E-state index contributed by atoms with van der Waals surface area (Å²) in [5.41, 5.74) is 2.47. The van der Waals surface area contributed by atoms with Crippen LogP contribution in [0.2, 0.25) is 0 Å². The van der Waals surface area contributed by atoms with E-state index in [1.165, 1.54) is 11.1 Å². The molecule has 0 spiro atoms. The number of aliphatic hydroxyl groups is 1. The lowest BCUT2D eigenvalue weighted by Gasteiger charge is -2.28. The standard InChI is InChI=1S/C19H25NO/c1-15(2)13-20-18(14-21)19(16-9-5-3-6-10-16)17-11-7-4-8-12-17/h3-12,15,18-21H,13-14H2,1-2H3. The second kappa shape index (κ2) is 7.96. The smallest absolute Gasteiger partial charge is 0.0593 e. The molecule has 2 aromatic rings. The number of hydrogen-bond acceptors (Lipinski definition) is 2. The number of hydrogen-bond donors (Lipinski definition) is 2. The molecule has 0 aliphatic carbocycles. The molecule has 0 amide bonds. The lowest BCUT2D eigenvalue weighted by molar-refractivity contribution is 0.227. The third-order valence-electron chi connectivity index (χ3n) is 3.70. The zero-order chi connectivity index (χ0) is 15.1. The number of nitrogens with one attached hydrogen (secondary N) is 1. The zero-order valence-corrected chi connectivity index (χ0v) is 12.9. The van der Waals surface area contributed by atoms with Gasteiger partial charge in [-0.15, -0.1) is 0 Å². The molecule has 0 aliphatic rings. The first-order chi connectivity index (χ1) is 10.2. The summed E-state index contributed by atoms with van der Waals surface area (Å²) >= 11 is 0. The van der Waals surface area contributed by atoms with Gasteiger partial charge in [0, 0.05) is 12.0 Å². The van der Waals surface area contributed by atoms with Crippen molar-refractivity contribution >= 4 is 0 Å². The van der Waals surface area contributed by atoms with Gasteiger partial charge in [0.25, 0.3) is 0 Å². The van der Waals surface area contributed by atoms with Crippen LogP contribution in [-0.4, -0.2) is 24.3 Å². The molecule has 0 saturated carbocycles. The van der Waals surface area contributed by atoms with E-state index in [1.54, 1.807) is 0 Å². The predicted molar refractivity (Wildman–Crippen MR) is 88.4 cm³/mol. The maximum absolute atomic E-state index is 9.87. The molecule has 1 unspecified atom stereocenters. The molecule has 112 valence electrons. The summed E-state index contributed by atoms with van der Waals surface area (Å²) in [5, 5.41) is 13.4. The Morgan fingerprint density at radius 3 is 1.71 bits per heavy atom. The van der Waals surface area contributed by atoms with Gasteiger partial charge in [-0.1, -0.05) is 74.5 Å². The van der Waals surface area contributed by atoms with Gasteiger partial charge >= 0.3 is 0 Å². The minimum absolute atomic E-state index is 0.0252. The van der Waals surface area contributed by atoms with E-state index in [-0.39, 0.29) is 18.6 Å². The van der Waals surface area contributed by atoms with Crippen molar-refractivity contribution in [1.29, 1.82) is 0 Å². The molecule has 2 N–H and O–H groups in total. The normalized spacial score (nSPS) is 12.8. The highest BCUT2D eigenvalue weighted by Crippen LogP contribution is 2.28. The van der Waals surface area contributed by atoms with E-state index in [0.717, 1.165) is 6.54 Å². The van der Waals surface area contributed by atoms with Gasteiger partial charge in [-0.05, 0) is 23.6 Å². The van der Waals surface area contributed by atoms with Gasteiger partial charge in [0.15, 0.2) is 0 Å². The molecule has 0 radical (unpaired) electrons. The summed E-state index contributed by atoms with van der Waals surface area (Å²) in [6, 6.07) is 20.9. The Hall–Kier alpha value is -1.64. The largest absolute Gasteiger partial charge is 0.395 e. The van der Waals surface area contributed by atoms with Gasteiger partial charge in [0.05, 0.1) is 6.61 Å². The molecule has 0 aromatic heterocycles. The molecular formula is C19H25NO. The molecule has 0 saturated heterocycles. The minimum atomic E-state index is 0.0252. The Labute approximate surface area is 127 Å². The van der Waals surface area contributed by atoms with Crippen molar-refractivity contribution in [2.45, 2.75) is 25.8 Å². The van der Waals surface area contributed by atoms with Crippen molar-refractivity contribution in [3.05, 3.63) is 71.8 Å². The second-order valence-electron chi connectivity index (χ2n) is 5.89. The summed E-state index contributed by atoms with van der Waals surface area (Å²) in [6.07, 6.45) is 0. The van der Waals surface area contributed by atoms with Crippen LogP contribution in [0.5, 0.6) is 0 Å². The summed E-state index contributed by atoms with van der Waals surface area (Å²) in [6.45, 7) is 5.39. The molecule has 0 aliphatic heterocycles. The predicted octanol–water partition coefficient (Wildman–Crippen LogP) is 3.43. The highest BCUT2D eigenvalue weighted by Gasteiger charge is 2.24. The first-order valence-electron chi connectivity index (χ1n) is 7.66. The Bertz CT molecular complexity index is 470. The van der Waals surface area contributed by atoms with Crippen LogP contribution in [0.4, 0.5) is 0 Å². The van der Waals surface area contributed by atoms with Gasteiger partial charge in [-0.25, -0.2) is 0 Å². The van der Waals surface area contributed by atoms with Crippen LogP contribution in [0.3, 0.4) is 0 Å². The van der Waals surface area contributed by atoms with Crippen molar-refractivity contribution in [1.82, 2.24) is 5.32 Å². The summed E-state index contributed by atoms with van der Waals surface area (Å²) < 4.78 is 0. The molecule has 2 aromatic carbocycles. The average Bonchev–Trinajstić information content (AvgIpc) is 2.53. The quantitative estimate of drug-likeness (QED) is 0.816. The van der Waals surface area contributed by atoms with Crippen molar-refractivity contribution in [2.24, 2.45) is 5.92 Å². The highest BCUT2D eigenvalue weighted by molar-refractivity contribution is 5.34. The van der Waals surface area contributed by atoms with Gasteiger partial charge < -0.3 is 10.4 Å². The molecular weight excluding hydrogens is 258 g/mol. The number of aliphatic hydroxyl groups excluding tert-OH is 1. The molecule has 2 rings (SSSR count). The van der Waals surface area contributed by atoms with Crippen molar-refractivity contribution in [3.8, 4) is 0 Å². The van der Waals surface area contributed by atoms with Gasteiger partial charge in [0.1, 0.15) is 0 Å². The summed E-state index contributed by atoms with van der Waals surface area (Å²) in [4.78, 5) is 0. The molecule has 21 heavy (non-hydrogen) atoms. The van der Waals surface area contributed by atoms with Gasteiger partial charge in [-0.2, -0.15) is 0 Å². The maximum Gasteiger partial charge on any atom is 0.0593 e. The first kappa shape index (κ1) is 15.7. The van der Waals surface area contributed by atoms with Crippen molar-refractivity contribution in [3.63, 3.8) is 0 Å². The van der Waals surface area contributed by atoms with E-state index >= 15 is 0 Å². The highest BCUT2D eigenvalue weighted by atomic mass is 16.3. The fourth-order valence-corrected chi connectivity index (χ4v) is 2.65. The summed E-state index contributed by atoms with van der Waals surface area (Å²) in [7, 11) is 0. The Balaban J connectivity index is 2.31. The molecule has 1 atom stereocenters. The van der Waals surface area contributed by atoms with E-state index in [0.29, 0.717) is 5.92 Å². The number of rotatable bonds is 7. The Morgan fingerprint density at radius 2 is 1.33 bits per heavy atom. The van der Waals surface area contributed by atoms with Crippen molar-refractivity contribution in [2.75, 3.05) is 13.2 Å². The fraction of sp³-hybridized carbons (Fsp3) is 0.368. The van der Waals surface area contributed by atoms with E-state index in [2.05, 4.69) is 67.7 Å². The lowest BCUT2D eigenvalue weighted by atomic mass is 9.85. The zero-order valence-electron chi connectivity index (χ0n) is 12.9. The van der Waals surface area contributed by atoms with E-state index in [9.17, 15) is 5.11 Å². The number of benzene rings is 2. The van der Waals surface area contributed by atoms with Crippen LogP contribution < -0.4 is 5.32 Å². The monoisotopic (exact) mass is 283 g/mol. The third-order valence-corrected chi connectivity index (χ3v) is 3.70. The van der Waals surface area contributed by atoms with Crippen LogP contribution in [-0.2, 0) is 0 Å².